The fourth-order valence-corrected chi connectivity index (χ4v) is 1.33. The van der Waals surface area contributed by atoms with Crippen LogP contribution in [-0.4, -0.2) is 10.8 Å². The molecule has 2 rings (SSSR count). The number of oxazole rings is 1. The third-order valence-electron chi connectivity index (χ3n) is 2.18. The van der Waals surface area contributed by atoms with Gasteiger partial charge in [-0.05, 0) is 17.7 Å². The molecule has 0 aliphatic heterocycles. The number of benzene rings is 1. The van der Waals surface area contributed by atoms with Crippen molar-refractivity contribution in [2.75, 3.05) is 0 Å². The van der Waals surface area contributed by atoms with Gasteiger partial charge in [-0.1, -0.05) is 12.1 Å². The average Bonchev–Trinajstić information content (AvgIpc) is 2.70. The number of carbonyl (C=O) groups excluding carboxylic acids is 1. The molecule has 1 heterocycles. The Hall–Kier alpha value is -1.97. The molecule has 16 heavy (non-hydrogen) atoms. The molecule has 0 atom stereocenters. The van der Waals surface area contributed by atoms with Crippen LogP contribution in [0.5, 0.6) is 0 Å². The van der Waals surface area contributed by atoms with Crippen molar-refractivity contribution in [3.05, 3.63) is 53.5 Å². The average molecular weight is 219 g/mol. The topological polar surface area (TPSA) is 43.1 Å². The second-order valence-electron chi connectivity index (χ2n) is 3.49. The Morgan fingerprint density at radius 3 is 2.62 bits per heavy atom. The highest BCUT2D eigenvalue weighted by Gasteiger charge is 2.08. The summed E-state index contributed by atoms with van der Waals surface area (Å²) in [6.07, 6.45) is 1.79. The molecule has 0 aliphatic rings. The van der Waals surface area contributed by atoms with Crippen molar-refractivity contribution in [2.24, 2.45) is 0 Å². The number of rotatable bonds is 3. The first kappa shape index (κ1) is 10.5. The Labute approximate surface area is 91.9 Å². The zero-order valence-electron chi connectivity index (χ0n) is 8.74. The minimum atomic E-state index is -0.277. The molecule has 0 spiro atoms. The van der Waals surface area contributed by atoms with Gasteiger partial charge in [0.15, 0.2) is 11.7 Å². The van der Waals surface area contributed by atoms with Gasteiger partial charge in [-0.3, -0.25) is 4.79 Å². The Morgan fingerprint density at radius 1 is 1.38 bits per heavy atom. The van der Waals surface area contributed by atoms with E-state index < -0.39 is 0 Å². The van der Waals surface area contributed by atoms with Crippen LogP contribution in [0.1, 0.15) is 28.9 Å². The van der Waals surface area contributed by atoms with Crippen LogP contribution in [0.2, 0.25) is 0 Å². The third kappa shape index (κ3) is 2.34. The van der Waals surface area contributed by atoms with Gasteiger partial charge in [0.2, 0.25) is 0 Å². The molecule has 82 valence electrons. The Morgan fingerprint density at radius 2 is 2.06 bits per heavy atom. The smallest absolute Gasteiger partial charge is 0.199 e. The van der Waals surface area contributed by atoms with Gasteiger partial charge in [0.25, 0.3) is 0 Å². The van der Waals surface area contributed by atoms with E-state index in [9.17, 15) is 9.18 Å². The third-order valence-corrected chi connectivity index (χ3v) is 2.18. The summed E-state index contributed by atoms with van der Waals surface area (Å²) in [5, 5.41) is 0. The number of carbonyl (C=O) groups is 1. The molecular weight excluding hydrogens is 209 g/mol. The summed E-state index contributed by atoms with van der Waals surface area (Å²) in [6.45, 7) is 1.43. The lowest BCUT2D eigenvalue weighted by Crippen LogP contribution is -1.94. The lowest BCUT2D eigenvalue weighted by atomic mass is 10.1. The minimum absolute atomic E-state index is 0.130. The van der Waals surface area contributed by atoms with Gasteiger partial charge in [-0.15, -0.1) is 0 Å². The van der Waals surface area contributed by atoms with E-state index in [1.165, 1.54) is 25.3 Å². The van der Waals surface area contributed by atoms with Gasteiger partial charge >= 0.3 is 0 Å². The van der Waals surface area contributed by atoms with E-state index in [-0.39, 0.29) is 11.6 Å². The molecule has 0 bridgehead atoms. The van der Waals surface area contributed by atoms with E-state index >= 15 is 0 Å². The van der Waals surface area contributed by atoms with Gasteiger partial charge in [-0.25, -0.2) is 9.37 Å². The molecule has 3 nitrogen and oxygen atoms in total. The molecule has 0 aliphatic carbocycles. The minimum Gasteiger partial charge on any atom is -0.448 e. The summed E-state index contributed by atoms with van der Waals surface area (Å²) in [5.74, 6) is 0.0477. The summed E-state index contributed by atoms with van der Waals surface area (Å²) in [4.78, 5) is 15.0. The largest absolute Gasteiger partial charge is 0.448 e. The molecule has 0 amide bonds. The number of nitrogens with zero attached hydrogens (tertiary/aromatic N) is 1. The molecule has 2 aromatic rings. The molecule has 4 heteroatoms. The van der Waals surface area contributed by atoms with Crippen LogP contribution in [0.25, 0.3) is 0 Å². The molecule has 0 saturated heterocycles. The summed E-state index contributed by atoms with van der Waals surface area (Å²) in [5.41, 5.74) is 1.20. The fourth-order valence-electron chi connectivity index (χ4n) is 1.33. The highest BCUT2D eigenvalue weighted by molar-refractivity contribution is 5.91. The highest BCUT2D eigenvalue weighted by atomic mass is 19.1. The van der Waals surface area contributed by atoms with Gasteiger partial charge in [0.05, 0.1) is 0 Å². The number of hydrogen-bond donors (Lipinski definition) is 0. The van der Waals surface area contributed by atoms with Crippen molar-refractivity contribution in [3.8, 4) is 0 Å². The first-order valence-electron chi connectivity index (χ1n) is 4.85. The van der Waals surface area contributed by atoms with Gasteiger partial charge in [0, 0.05) is 13.3 Å². The zero-order valence-corrected chi connectivity index (χ0v) is 8.74. The second-order valence-corrected chi connectivity index (χ2v) is 3.49. The van der Waals surface area contributed by atoms with Crippen LogP contribution >= 0.6 is 0 Å². The quantitative estimate of drug-likeness (QED) is 0.745. The zero-order chi connectivity index (χ0) is 11.5. The predicted octanol–water partition coefficient (Wildman–Crippen LogP) is 2.61. The molecule has 0 saturated carbocycles. The second kappa shape index (κ2) is 4.26. The van der Waals surface area contributed by atoms with Crippen LogP contribution in [0.15, 0.2) is 34.9 Å². The van der Waals surface area contributed by atoms with Crippen molar-refractivity contribution in [2.45, 2.75) is 13.3 Å². The van der Waals surface area contributed by atoms with Crippen LogP contribution in [-0.2, 0) is 6.42 Å². The normalized spacial score (nSPS) is 10.4. The van der Waals surface area contributed by atoms with Crippen molar-refractivity contribution in [1.82, 2.24) is 4.98 Å². The van der Waals surface area contributed by atoms with Crippen LogP contribution < -0.4 is 0 Å². The van der Waals surface area contributed by atoms with Crippen molar-refractivity contribution < 1.29 is 13.6 Å². The maximum Gasteiger partial charge on any atom is 0.199 e. The Bertz CT molecular complexity index is 502. The van der Waals surface area contributed by atoms with E-state index in [0.717, 1.165) is 5.56 Å². The van der Waals surface area contributed by atoms with Crippen LogP contribution in [0.3, 0.4) is 0 Å². The predicted molar refractivity (Wildman–Crippen MR) is 55.7 cm³/mol. The van der Waals surface area contributed by atoms with E-state index in [0.29, 0.717) is 18.0 Å². The Balaban J connectivity index is 2.14. The van der Waals surface area contributed by atoms with Crippen LogP contribution in [0.4, 0.5) is 4.39 Å². The van der Waals surface area contributed by atoms with E-state index in [2.05, 4.69) is 4.98 Å². The number of halogens is 1. The van der Waals surface area contributed by atoms with Gasteiger partial charge < -0.3 is 4.42 Å². The van der Waals surface area contributed by atoms with E-state index in [1.807, 2.05) is 0 Å². The standard InChI is InChI=1S/C12H10FNO2/c1-8(15)11-7-16-12(14-11)6-9-2-4-10(13)5-3-9/h2-5,7H,6H2,1H3. The van der Waals surface area contributed by atoms with Gasteiger partial charge in [0.1, 0.15) is 17.8 Å². The summed E-state index contributed by atoms with van der Waals surface area (Å²) < 4.78 is 17.8. The Kier molecular flexibility index (Phi) is 2.81. The molecule has 1 aromatic carbocycles. The number of hydrogen-bond acceptors (Lipinski definition) is 3. The van der Waals surface area contributed by atoms with Crippen molar-refractivity contribution >= 4 is 5.78 Å². The molecule has 0 radical (unpaired) electrons. The first-order chi connectivity index (χ1) is 7.65. The summed E-state index contributed by atoms with van der Waals surface area (Å²) >= 11 is 0. The van der Waals surface area contributed by atoms with E-state index in [4.69, 9.17) is 4.42 Å². The molecule has 0 fully saturated rings. The van der Waals surface area contributed by atoms with Crippen molar-refractivity contribution in [3.63, 3.8) is 0 Å². The summed E-state index contributed by atoms with van der Waals surface area (Å²) in [7, 11) is 0. The monoisotopic (exact) mass is 219 g/mol. The molecule has 0 N–H and O–H groups in total. The molecule has 1 aromatic heterocycles. The first-order valence-corrected chi connectivity index (χ1v) is 4.85. The highest BCUT2D eigenvalue weighted by Crippen LogP contribution is 2.10. The van der Waals surface area contributed by atoms with Crippen molar-refractivity contribution in [1.29, 1.82) is 0 Å². The molecule has 0 unspecified atom stereocenters. The van der Waals surface area contributed by atoms with Crippen LogP contribution in [0, 0.1) is 5.82 Å². The number of aromatic nitrogens is 1. The molecular formula is C12H10FNO2. The summed E-state index contributed by atoms with van der Waals surface area (Å²) in [6, 6.07) is 6.08. The maximum absolute atomic E-state index is 12.7. The number of Topliss-reactive ketones (excluding diaryl/α,β-unsaturated/α-hetero) is 1. The maximum atomic E-state index is 12.7. The lowest BCUT2D eigenvalue weighted by Gasteiger charge is -1.96. The number of ketones is 1. The fraction of sp³-hybridized carbons (Fsp3) is 0.167. The SMILES string of the molecule is CC(=O)c1coc(Cc2ccc(F)cc2)n1. The van der Waals surface area contributed by atoms with E-state index in [1.54, 1.807) is 12.1 Å². The van der Waals surface area contributed by atoms with Gasteiger partial charge in [-0.2, -0.15) is 0 Å². The lowest BCUT2D eigenvalue weighted by molar-refractivity contribution is 0.101.